The van der Waals surface area contributed by atoms with Gasteiger partial charge in [0.25, 0.3) is 5.91 Å². The number of hydrogen-bond acceptors (Lipinski definition) is 3. The van der Waals surface area contributed by atoms with Gasteiger partial charge in [0.15, 0.2) is 0 Å². The van der Waals surface area contributed by atoms with Crippen molar-refractivity contribution in [2.75, 3.05) is 11.9 Å². The van der Waals surface area contributed by atoms with Gasteiger partial charge < -0.3 is 10.6 Å². The van der Waals surface area contributed by atoms with Crippen molar-refractivity contribution in [2.24, 2.45) is 0 Å². The zero-order chi connectivity index (χ0) is 19.7. The molecule has 5 nitrogen and oxygen atoms in total. The maximum Gasteiger partial charge on any atom is 0.255 e. The molecule has 2 aromatic carbocycles. The van der Waals surface area contributed by atoms with Gasteiger partial charge in [-0.3, -0.25) is 9.48 Å². The van der Waals surface area contributed by atoms with Gasteiger partial charge in [0.2, 0.25) is 0 Å². The summed E-state index contributed by atoms with van der Waals surface area (Å²) in [6.45, 7) is 5.95. The fourth-order valence-electron chi connectivity index (χ4n) is 3.64. The number of halogens is 2. The lowest BCUT2D eigenvalue weighted by molar-refractivity contribution is 0.102. The van der Waals surface area contributed by atoms with Crippen LogP contribution in [0.1, 0.15) is 38.4 Å². The summed E-state index contributed by atoms with van der Waals surface area (Å²) >= 11 is 0. The first-order chi connectivity index (χ1) is 13.5. The van der Waals surface area contributed by atoms with Crippen LogP contribution in [-0.4, -0.2) is 22.2 Å². The number of nitrogens with zero attached hydrogens (tertiary/aromatic N) is 2. The molecule has 0 aliphatic carbocycles. The van der Waals surface area contributed by atoms with Gasteiger partial charge in [-0.1, -0.05) is 18.2 Å². The van der Waals surface area contributed by atoms with E-state index in [0.29, 0.717) is 30.6 Å². The molecule has 4 rings (SSSR count). The first-order valence-corrected chi connectivity index (χ1v) is 9.43. The van der Waals surface area contributed by atoms with Crippen molar-refractivity contribution >= 4 is 24.0 Å². The number of amides is 1. The number of hydrogen-bond donors (Lipinski definition) is 2. The van der Waals surface area contributed by atoms with Crippen molar-refractivity contribution in [1.29, 1.82) is 0 Å². The number of carbonyl (C=O) groups is 1. The number of aryl methyl sites for hydroxylation is 2. The third-order valence-electron chi connectivity index (χ3n) is 5.08. The van der Waals surface area contributed by atoms with Crippen LogP contribution in [0, 0.1) is 19.7 Å². The summed E-state index contributed by atoms with van der Waals surface area (Å²) in [5, 5.41) is 10.4. The van der Waals surface area contributed by atoms with Crippen molar-refractivity contribution < 1.29 is 9.18 Å². The average molecular weight is 415 g/mol. The minimum Gasteiger partial charge on any atom is -0.319 e. The van der Waals surface area contributed by atoms with Crippen LogP contribution in [0.25, 0.3) is 0 Å². The fraction of sp³-hybridized carbons (Fsp3) is 0.273. The molecule has 0 bridgehead atoms. The van der Waals surface area contributed by atoms with Crippen LogP contribution < -0.4 is 10.6 Å². The Kier molecular flexibility index (Phi) is 6.35. The normalized spacial score (nSPS) is 12.8. The molecule has 0 unspecified atom stereocenters. The van der Waals surface area contributed by atoms with E-state index in [0.717, 1.165) is 29.1 Å². The van der Waals surface area contributed by atoms with Crippen LogP contribution >= 0.6 is 12.4 Å². The van der Waals surface area contributed by atoms with Gasteiger partial charge in [-0.2, -0.15) is 5.10 Å². The Morgan fingerprint density at radius 2 is 2.07 bits per heavy atom. The van der Waals surface area contributed by atoms with Gasteiger partial charge >= 0.3 is 0 Å². The van der Waals surface area contributed by atoms with Gasteiger partial charge in [-0.25, -0.2) is 4.39 Å². The maximum atomic E-state index is 14.8. The molecular formula is C22H24ClFN4O. The van der Waals surface area contributed by atoms with Crippen LogP contribution in [0.3, 0.4) is 0 Å². The Hall–Kier alpha value is -2.70. The van der Waals surface area contributed by atoms with E-state index >= 15 is 0 Å². The molecule has 0 saturated heterocycles. The SMILES string of the molecule is Cc1cc(C)n(Cc2cccc(C(=O)Nc3ccc4c(c3F)CCNC4)c2)n1.Cl. The number of nitrogens with one attached hydrogen (secondary N) is 2. The van der Waals surface area contributed by atoms with E-state index < -0.39 is 0 Å². The summed E-state index contributed by atoms with van der Waals surface area (Å²) in [6, 6.07) is 12.9. The van der Waals surface area contributed by atoms with Gasteiger partial charge in [0.1, 0.15) is 5.82 Å². The van der Waals surface area contributed by atoms with Crippen molar-refractivity contribution in [2.45, 2.75) is 33.4 Å². The predicted molar refractivity (Wildman–Crippen MR) is 114 cm³/mol. The molecule has 0 radical (unpaired) electrons. The molecule has 1 aliphatic heterocycles. The Balaban J connectivity index is 0.00000240. The molecule has 1 aromatic heterocycles. The maximum absolute atomic E-state index is 14.8. The standard InChI is InChI=1S/C22H23FN4O.ClH/c1-14-10-15(2)27(26-14)13-16-4-3-5-17(11-16)22(28)25-20-7-6-18-12-24-9-8-19(18)21(20)23;/h3-7,10-11,24H,8-9,12-13H2,1-2H3,(H,25,28);1H. The second-order valence-electron chi connectivity index (χ2n) is 7.23. The Bertz CT molecular complexity index is 1050. The zero-order valence-electron chi connectivity index (χ0n) is 16.5. The molecule has 2 heterocycles. The van der Waals surface area contributed by atoms with E-state index in [-0.39, 0.29) is 29.8 Å². The Morgan fingerprint density at radius 3 is 2.83 bits per heavy atom. The van der Waals surface area contributed by atoms with Crippen molar-refractivity contribution in [3.05, 3.63) is 81.9 Å². The predicted octanol–water partition coefficient (Wildman–Crippen LogP) is 4.01. The van der Waals surface area contributed by atoms with Crippen molar-refractivity contribution in [3.8, 4) is 0 Å². The topological polar surface area (TPSA) is 59.0 Å². The van der Waals surface area contributed by atoms with Crippen LogP contribution in [0.5, 0.6) is 0 Å². The Morgan fingerprint density at radius 1 is 1.24 bits per heavy atom. The summed E-state index contributed by atoms with van der Waals surface area (Å²) in [5.41, 5.74) is 5.37. The number of benzene rings is 2. The zero-order valence-corrected chi connectivity index (χ0v) is 17.3. The molecule has 0 spiro atoms. The van der Waals surface area contributed by atoms with Crippen LogP contribution in [-0.2, 0) is 19.5 Å². The van der Waals surface area contributed by atoms with E-state index in [1.807, 2.05) is 48.9 Å². The number of carbonyl (C=O) groups excluding carboxylic acids is 1. The van der Waals surface area contributed by atoms with E-state index in [2.05, 4.69) is 15.7 Å². The third-order valence-corrected chi connectivity index (χ3v) is 5.08. The quantitative estimate of drug-likeness (QED) is 0.678. The smallest absolute Gasteiger partial charge is 0.255 e. The van der Waals surface area contributed by atoms with E-state index in [1.54, 1.807) is 12.1 Å². The molecule has 152 valence electrons. The van der Waals surface area contributed by atoms with Gasteiger partial charge in [-0.15, -0.1) is 12.4 Å². The number of fused-ring (bicyclic) bond motifs is 1. The first kappa shape index (κ1) is 21.0. The minimum absolute atomic E-state index is 0. The highest BCUT2D eigenvalue weighted by atomic mass is 35.5. The van der Waals surface area contributed by atoms with Crippen LogP contribution in [0.15, 0.2) is 42.5 Å². The largest absolute Gasteiger partial charge is 0.319 e. The lowest BCUT2D eigenvalue weighted by Crippen LogP contribution is -2.25. The lowest BCUT2D eigenvalue weighted by atomic mass is 9.99. The molecule has 0 atom stereocenters. The number of aromatic nitrogens is 2. The van der Waals surface area contributed by atoms with Crippen molar-refractivity contribution in [3.63, 3.8) is 0 Å². The molecule has 0 fully saturated rings. The average Bonchev–Trinajstić information content (AvgIpc) is 3.01. The summed E-state index contributed by atoms with van der Waals surface area (Å²) < 4.78 is 16.7. The molecule has 2 N–H and O–H groups in total. The first-order valence-electron chi connectivity index (χ1n) is 9.43. The van der Waals surface area contributed by atoms with Crippen molar-refractivity contribution in [1.82, 2.24) is 15.1 Å². The summed E-state index contributed by atoms with van der Waals surface area (Å²) in [7, 11) is 0. The highest BCUT2D eigenvalue weighted by molar-refractivity contribution is 6.04. The lowest BCUT2D eigenvalue weighted by Gasteiger charge is -2.19. The molecule has 0 saturated carbocycles. The van der Waals surface area contributed by atoms with E-state index in [4.69, 9.17) is 0 Å². The molecule has 1 amide bonds. The number of rotatable bonds is 4. The molecule has 3 aromatic rings. The summed E-state index contributed by atoms with van der Waals surface area (Å²) in [6.07, 6.45) is 0.628. The molecular weight excluding hydrogens is 391 g/mol. The number of anilines is 1. The summed E-state index contributed by atoms with van der Waals surface area (Å²) in [5.74, 6) is -0.644. The van der Waals surface area contributed by atoms with Gasteiger partial charge in [0, 0.05) is 17.8 Å². The molecule has 29 heavy (non-hydrogen) atoms. The molecule has 7 heteroatoms. The second kappa shape index (κ2) is 8.76. The Labute approximate surface area is 175 Å². The highest BCUT2D eigenvalue weighted by Gasteiger charge is 2.18. The van der Waals surface area contributed by atoms with E-state index in [1.165, 1.54) is 0 Å². The second-order valence-corrected chi connectivity index (χ2v) is 7.23. The fourth-order valence-corrected chi connectivity index (χ4v) is 3.64. The third kappa shape index (κ3) is 4.49. The van der Waals surface area contributed by atoms with Gasteiger partial charge in [0.05, 0.1) is 17.9 Å². The van der Waals surface area contributed by atoms with Gasteiger partial charge in [-0.05, 0) is 67.8 Å². The minimum atomic E-state index is -0.328. The van der Waals surface area contributed by atoms with Crippen LogP contribution in [0.4, 0.5) is 10.1 Å². The van der Waals surface area contributed by atoms with Crippen LogP contribution in [0.2, 0.25) is 0 Å². The summed E-state index contributed by atoms with van der Waals surface area (Å²) in [4.78, 5) is 12.7. The van der Waals surface area contributed by atoms with E-state index in [9.17, 15) is 9.18 Å². The molecule has 1 aliphatic rings. The monoisotopic (exact) mass is 414 g/mol. The highest BCUT2D eigenvalue weighted by Crippen LogP contribution is 2.25.